The van der Waals surface area contributed by atoms with Gasteiger partial charge in [0.15, 0.2) is 0 Å². The monoisotopic (exact) mass is 140 g/mol. The molecule has 0 aromatic carbocycles. The molecule has 0 saturated heterocycles. The Morgan fingerprint density at radius 3 is 2.40 bits per heavy atom. The Balaban J connectivity index is 2.75. The second-order valence-electron chi connectivity index (χ2n) is 2.90. The summed E-state index contributed by atoms with van der Waals surface area (Å²) in [6.07, 6.45) is 2.14. The quantitative estimate of drug-likeness (QED) is 0.564. The zero-order valence-corrected chi connectivity index (χ0v) is 6.35. The average molecular weight is 140 g/mol. The van der Waals surface area contributed by atoms with E-state index in [0.717, 1.165) is 18.4 Å². The third-order valence-electron chi connectivity index (χ3n) is 2.24. The topological polar surface area (TPSA) is 37.3 Å². The second-order valence-corrected chi connectivity index (χ2v) is 2.90. The van der Waals surface area contributed by atoms with Crippen LogP contribution in [0, 0.1) is 5.92 Å². The van der Waals surface area contributed by atoms with Crippen LogP contribution < -0.4 is 0 Å². The lowest BCUT2D eigenvalue weighted by atomic mass is 9.78. The normalized spacial score (nSPS) is 29.2. The Morgan fingerprint density at radius 1 is 1.70 bits per heavy atom. The first-order valence-corrected chi connectivity index (χ1v) is 3.56. The van der Waals surface area contributed by atoms with Crippen LogP contribution in [0.15, 0.2) is 11.1 Å². The number of hydrogen-bond acceptors (Lipinski definition) is 1. The fourth-order valence-corrected chi connectivity index (χ4v) is 1.27. The molecule has 2 nitrogen and oxygen atoms in total. The van der Waals surface area contributed by atoms with E-state index in [-0.39, 0.29) is 0 Å². The van der Waals surface area contributed by atoms with Crippen molar-refractivity contribution >= 4 is 5.97 Å². The van der Waals surface area contributed by atoms with Crippen LogP contribution in [0.1, 0.15) is 26.7 Å². The van der Waals surface area contributed by atoms with Crippen molar-refractivity contribution < 1.29 is 9.90 Å². The van der Waals surface area contributed by atoms with Crippen molar-refractivity contribution in [3.8, 4) is 0 Å². The first kappa shape index (κ1) is 7.32. The molecule has 0 heterocycles. The van der Waals surface area contributed by atoms with Gasteiger partial charge in [-0.1, -0.05) is 12.5 Å². The van der Waals surface area contributed by atoms with Crippen molar-refractivity contribution in [3.63, 3.8) is 0 Å². The Bertz CT molecular complexity index is 191. The molecule has 0 radical (unpaired) electrons. The molecule has 0 aliphatic heterocycles. The molecule has 0 spiro atoms. The number of rotatable bonds is 1. The van der Waals surface area contributed by atoms with Gasteiger partial charge in [-0.05, 0) is 25.7 Å². The van der Waals surface area contributed by atoms with Crippen molar-refractivity contribution in [3.05, 3.63) is 11.1 Å². The fourth-order valence-electron chi connectivity index (χ4n) is 1.27. The van der Waals surface area contributed by atoms with Crippen LogP contribution in [0.2, 0.25) is 0 Å². The van der Waals surface area contributed by atoms with Crippen LogP contribution in [0.4, 0.5) is 0 Å². The highest BCUT2D eigenvalue weighted by atomic mass is 16.4. The molecule has 0 aromatic rings. The minimum absolute atomic E-state index is 0.510. The summed E-state index contributed by atoms with van der Waals surface area (Å²) in [6.45, 7) is 3.76. The van der Waals surface area contributed by atoms with Crippen molar-refractivity contribution in [1.29, 1.82) is 0 Å². The first-order valence-electron chi connectivity index (χ1n) is 3.56. The fraction of sp³-hybridized carbons (Fsp3) is 0.625. The predicted molar refractivity (Wildman–Crippen MR) is 38.7 cm³/mol. The van der Waals surface area contributed by atoms with Gasteiger partial charge in [-0.15, -0.1) is 0 Å². The summed E-state index contributed by atoms with van der Waals surface area (Å²) in [7, 11) is 0. The van der Waals surface area contributed by atoms with Crippen molar-refractivity contribution in [2.24, 2.45) is 5.92 Å². The van der Waals surface area contributed by atoms with Gasteiger partial charge in [0.05, 0.1) is 0 Å². The van der Waals surface area contributed by atoms with Gasteiger partial charge in [0, 0.05) is 5.57 Å². The van der Waals surface area contributed by atoms with Gasteiger partial charge in [-0.2, -0.15) is 0 Å². The summed E-state index contributed by atoms with van der Waals surface area (Å²) < 4.78 is 0. The molecule has 1 N–H and O–H groups in total. The van der Waals surface area contributed by atoms with Gasteiger partial charge in [-0.3, -0.25) is 0 Å². The van der Waals surface area contributed by atoms with Gasteiger partial charge in [0.1, 0.15) is 0 Å². The smallest absolute Gasteiger partial charge is 0.331 e. The minimum Gasteiger partial charge on any atom is -0.478 e. The molecule has 2 heteroatoms. The number of carboxylic acid groups (broad SMARTS) is 1. The molecule has 0 aromatic heterocycles. The SMILES string of the molecule is C/C(C(=O)O)=C1/CCC1C. The van der Waals surface area contributed by atoms with Gasteiger partial charge < -0.3 is 5.11 Å². The molecule has 1 atom stereocenters. The molecule has 56 valence electrons. The van der Waals surface area contributed by atoms with E-state index in [1.54, 1.807) is 6.92 Å². The van der Waals surface area contributed by atoms with Crippen LogP contribution in [-0.2, 0) is 4.79 Å². The summed E-state index contributed by atoms with van der Waals surface area (Å²) in [4.78, 5) is 10.4. The van der Waals surface area contributed by atoms with E-state index in [9.17, 15) is 4.79 Å². The molecule has 10 heavy (non-hydrogen) atoms. The number of allylic oxidation sites excluding steroid dienone is 1. The highest BCUT2D eigenvalue weighted by Gasteiger charge is 2.23. The molecule has 0 bridgehead atoms. The summed E-state index contributed by atoms with van der Waals surface area (Å²) >= 11 is 0. The van der Waals surface area contributed by atoms with E-state index < -0.39 is 5.97 Å². The van der Waals surface area contributed by atoms with Crippen LogP contribution in [-0.4, -0.2) is 11.1 Å². The Labute approximate surface area is 60.6 Å². The zero-order valence-electron chi connectivity index (χ0n) is 6.35. The summed E-state index contributed by atoms with van der Waals surface area (Å²) in [6, 6.07) is 0. The Morgan fingerprint density at radius 2 is 2.30 bits per heavy atom. The molecule has 1 fully saturated rings. The largest absolute Gasteiger partial charge is 0.478 e. The molecular weight excluding hydrogens is 128 g/mol. The lowest BCUT2D eigenvalue weighted by Gasteiger charge is -2.27. The molecule has 1 aliphatic rings. The first-order chi connectivity index (χ1) is 4.63. The number of carboxylic acids is 1. The standard InChI is InChI=1S/C8H12O2/c1-5-3-4-7(5)6(2)8(9)10/h5H,3-4H2,1-2H3,(H,9,10)/b7-6+. The highest BCUT2D eigenvalue weighted by molar-refractivity contribution is 5.87. The predicted octanol–water partition coefficient (Wildman–Crippen LogP) is 1.82. The van der Waals surface area contributed by atoms with E-state index in [0.29, 0.717) is 11.5 Å². The van der Waals surface area contributed by atoms with Crippen molar-refractivity contribution in [2.45, 2.75) is 26.7 Å². The van der Waals surface area contributed by atoms with Crippen LogP contribution in [0.3, 0.4) is 0 Å². The second kappa shape index (κ2) is 2.45. The maximum Gasteiger partial charge on any atom is 0.331 e. The third-order valence-corrected chi connectivity index (χ3v) is 2.24. The lowest BCUT2D eigenvalue weighted by Crippen LogP contribution is -2.16. The summed E-state index contributed by atoms with van der Waals surface area (Å²) in [5.74, 6) is -0.252. The lowest BCUT2D eigenvalue weighted by molar-refractivity contribution is -0.132. The number of carbonyl (C=O) groups is 1. The maximum absolute atomic E-state index is 10.4. The molecule has 1 aliphatic carbocycles. The number of aliphatic carboxylic acids is 1. The van der Waals surface area contributed by atoms with E-state index in [4.69, 9.17) is 5.11 Å². The molecule has 1 unspecified atom stereocenters. The highest BCUT2D eigenvalue weighted by Crippen LogP contribution is 2.35. The molecular formula is C8H12O2. The van der Waals surface area contributed by atoms with Gasteiger partial charge >= 0.3 is 5.97 Å². The maximum atomic E-state index is 10.4. The van der Waals surface area contributed by atoms with E-state index >= 15 is 0 Å². The molecule has 0 amide bonds. The van der Waals surface area contributed by atoms with Crippen molar-refractivity contribution in [1.82, 2.24) is 0 Å². The summed E-state index contributed by atoms with van der Waals surface area (Å²) in [5.41, 5.74) is 1.69. The average Bonchev–Trinajstić information content (AvgIpc) is 1.84. The zero-order chi connectivity index (χ0) is 7.72. The van der Waals surface area contributed by atoms with Crippen LogP contribution in [0.5, 0.6) is 0 Å². The van der Waals surface area contributed by atoms with Crippen LogP contribution >= 0.6 is 0 Å². The van der Waals surface area contributed by atoms with Crippen molar-refractivity contribution in [2.75, 3.05) is 0 Å². The molecule has 1 saturated carbocycles. The molecule has 1 rings (SSSR count). The third kappa shape index (κ3) is 1.06. The van der Waals surface area contributed by atoms with Gasteiger partial charge in [0.25, 0.3) is 0 Å². The van der Waals surface area contributed by atoms with E-state index in [1.165, 1.54) is 0 Å². The van der Waals surface area contributed by atoms with E-state index in [2.05, 4.69) is 6.92 Å². The Hall–Kier alpha value is -0.790. The van der Waals surface area contributed by atoms with Gasteiger partial charge in [-0.25, -0.2) is 4.79 Å². The Kier molecular flexibility index (Phi) is 1.79. The summed E-state index contributed by atoms with van der Waals surface area (Å²) in [5, 5.41) is 8.58. The van der Waals surface area contributed by atoms with Gasteiger partial charge in [0.2, 0.25) is 0 Å². The van der Waals surface area contributed by atoms with E-state index in [1.807, 2.05) is 0 Å². The number of hydrogen-bond donors (Lipinski definition) is 1. The minimum atomic E-state index is -0.762. The van der Waals surface area contributed by atoms with Crippen LogP contribution in [0.25, 0.3) is 0 Å².